The van der Waals surface area contributed by atoms with Crippen molar-refractivity contribution in [2.24, 2.45) is 0 Å². The fraction of sp³-hybridized carbons (Fsp3) is 0.429. The highest BCUT2D eigenvalue weighted by Gasteiger charge is 2.27. The first-order chi connectivity index (χ1) is 17.7. The van der Waals surface area contributed by atoms with E-state index in [2.05, 4.69) is 0 Å². The molecule has 1 aliphatic heterocycles. The predicted molar refractivity (Wildman–Crippen MR) is 141 cm³/mol. The van der Waals surface area contributed by atoms with Gasteiger partial charge in [-0.05, 0) is 61.6 Å². The fourth-order valence-electron chi connectivity index (χ4n) is 5.01. The molecule has 37 heavy (non-hydrogen) atoms. The number of methoxy groups -OCH3 is 2. The molecule has 1 saturated heterocycles. The van der Waals surface area contributed by atoms with Crippen LogP contribution in [0.1, 0.15) is 50.3 Å². The van der Waals surface area contributed by atoms with Crippen molar-refractivity contribution in [3.05, 3.63) is 68.4 Å². The Morgan fingerprint density at radius 1 is 0.973 bits per heavy atom. The van der Waals surface area contributed by atoms with Gasteiger partial charge in [0.15, 0.2) is 11.5 Å². The topological polar surface area (TPSA) is 99.8 Å². The number of aromatic nitrogens is 2. The summed E-state index contributed by atoms with van der Waals surface area (Å²) in [5, 5.41) is 0.418. The third-order valence-corrected chi connectivity index (χ3v) is 6.99. The van der Waals surface area contributed by atoms with Crippen molar-refractivity contribution < 1.29 is 19.1 Å². The number of piperidine rings is 1. The molecule has 1 aromatic heterocycles. The largest absolute Gasteiger partial charge is 0.493 e. The van der Waals surface area contributed by atoms with Crippen LogP contribution in [0.15, 0.2) is 46.0 Å². The molecule has 196 valence electrons. The zero-order valence-corrected chi connectivity index (χ0v) is 21.8. The van der Waals surface area contributed by atoms with Gasteiger partial charge in [-0.2, -0.15) is 0 Å². The fourth-order valence-corrected chi connectivity index (χ4v) is 5.01. The van der Waals surface area contributed by atoms with Gasteiger partial charge in [0.25, 0.3) is 5.56 Å². The number of benzene rings is 2. The number of Topliss-reactive ketones (excluding diaryl/α,β-unsaturated/α-hetero) is 1. The Labute approximate surface area is 215 Å². The van der Waals surface area contributed by atoms with Crippen LogP contribution in [0.4, 0.5) is 0 Å². The molecule has 4 rings (SSSR count). The lowest BCUT2D eigenvalue weighted by Crippen LogP contribution is -2.46. The summed E-state index contributed by atoms with van der Waals surface area (Å²) in [6.45, 7) is 4.18. The Kier molecular flexibility index (Phi) is 7.80. The van der Waals surface area contributed by atoms with Crippen LogP contribution in [0.3, 0.4) is 0 Å². The molecule has 3 aromatic rings. The molecule has 1 amide bonds. The molecule has 2 heterocycles. The van der Waals surface area contributed by atoms with Crippen molar-refractivity contribution >= 4 is 22.6 Å². The van der Waals surface area contributed by atoms with Gasteiger partial charge in [0.05, 0.1) is 37.7 Å². The number of hydrogen-bond donors (Lipinski definition) is 0. The van der Waals surface area contributed by atoms with E-state index < -0.39 is 11.2 Å². The molecule has 0 spiro atoms. The van der Waals surface area contributed by atoms with Gasteiger partial charge in [0.1, 0.15) is 5.78 Å². The van der Waals surface area contributed by atoms with E-state index in [1.807, 2.05) is 6.07 Å². The predicted octanol–water partition coefficient (Wildman–Crippen LogP) is 2.93. The summed E-state index contributed by atoms with van der Waals surface area (Å²) in [4.78, 5) is 53.0. The summed E-state index contributed by atoms with van der Waals surface area (Å²) in [6, 6.07) is 10.5. The summed E-state index contributed by atoms with van der Waals surface area (Å²) in [5.41, 5.74) is 1.30. The molecule has 0 radical (unpaired) electrons. The lowest BCUT2D eigenvalue weighted by molar-refractivity contribution is -0.130. The van der Waals surface area contributed by atoms with Gasteiger partial charge < -0.3 is 19.2 Å². The molecule has 2 aromatic carbocycles. The van der Waals surface area contributed by atoms with Crippen molar-refractivity contribution in [1.29, 1.82) is 0 Å². The zero-order valence-electron chi connectivity index (χ0n) is 21.8. The number of hydrogen-bond acceptors (Lipinski definition) is 6. The average molecular weight is 508 g/mol. The standard InChI is InChI=1S/C28H33N3O6/c1-18(32)7-8-20-9-11-24-23(14-20)27(34)30(16-21-10-12-25(36-3)26(15-21)37-4)28(35)31(24)22-6-5-13-29(17-22)19(2)33/h9-12,14-15,22H,5-8,13,16-17H2,1-4H3. The van der Waals surface area contributed by atoms with Crippen LogP contribution in [0, 0.1) is 0 Å². The molecule has 1 aliphatic rings. The van der Waals surface area contributed by atoms with E-state index in [1.54, 1.807) is 53.8 Å². The molecule has 9 nitrogen and oxygen atoms in total. The molecule has 1 fully saturated rings. The SMILES string of the molecule is COc1ccc(Cn2c(=O)c3cc(CCC(C)=O)ccc3n(C3CCCN(C(C)=O)C3)c2=O)cc1OC. The van der Waals surface area contributed by atoms with Crippen molar-refractivity contribution in [3.63, 3.8) is 0 Å². The van der Waals surface area contributed by atoms with Gasteiger partial charge in [-0.1, -0.05) is 12.1 Å². The number of rotatable bonds is 8. The van der Waals surface area contributed by atoms with Crippen LogP contribution in [-0.4, -0.2) is 53.0 Å². The summed E-state index contributed by atoms with van der Waals surface area (Å²) in [6.07, 6.45) is 2.38. The first-order valence-corrected chi connectivity index (χ1v) is 12.5. The maximum absolute atomic E-state index is 13.9. The molecule has 1 unspecified atom stereocenters. The number of carbonyl (C=O) groups is 2. The van der Waals surface area contributed by atoms with Crippen LogP contribution in [0.5, 0.6) is 11.5 Å². The Hall–Kier alpha value is -3.88. The van der Waals surface area contributed by atoms with Gasteiger partial charge in [-0.25, -0.2) is 4.79 Å². The van der Waals surface area contributed by atoms with Gasteiger partial charge in [-0.15, -0.1) is 0 Å². The summed E-state index contributed by atoms with van der Waals surface area (Å²) >= 11 is 0. The number of fused-ring (bicyclic) bond motifs is 1. The number of aryl methyl sites for hydroxylation is 1. The normalized spacial score (nSPS) is 15.6. The Morgan fingerprint density at radius 3 is 2.38 bits per heavy atom. The Morgan fingerprint density at radius 2 is 1.70 bits per heavy atom. The van der Waals surface area contributed by atoms with Gasteiger partial charge in [0, 0.05) is 26.4 Å². The zero-order chi connectivity index (χ0) is 26.7. The minimum Gasteiger partial charge on any atom is -0.493 e. The second-order valence-corrected chi connectivity index (χ2v) is 9.55. The highest BCUT2D eigenvalue weighted by atomic mass is 16.5. The molecule has 0 N–H and O–H groups in total. The van der Waals surface area contributed by atoms with Crippen LogP contribution in [-0.2, 0) is 22.6 Å². The van der Waals surface area contributed by atoms with E-state index in [0.29, 0.717) is 53.9 Å². The van der Waals surface area contributed by atoms with Gasteiger partial charge in [0.2, 0.25) is 5.91 Å². The maximum Gasteiger partial charge on any atom is 0.332 e. The van der Waals surface area contributed by atoms with Crippen LogP contribution in [0.2, 0.25) is 0 Å². The van der Waals surface area contributed by atoms with Crippen LogP contribution in [0.25, 0.3) is 10.9 Å². The van der Waals surface area contributed by atoms with E-state index >= 15 is 0 Å². The highest BCUT2D eigenvalue weighted by Crippen LogP contribution is 2.28. The molecule has 1 atom stereocenters. The monoisotopic (exact) mass is 507 g/mol. The van der Waals surface area contributed by atoms with E-state index in [9.17, 15) is 19.2 Å². The van der Waals surface area contributed by atoms with Crippen LogP contribution >= 0.6 is 0 Å². The lowest BCUT2D eigenvalue weighted by atomic mass is 10.0. The number of nitrogens with zero attached hydrogens (tertiary/aromatic N) is 3. The first-order valence-electron chi connectivity index (χ1n) is 12.5. The van der Waals surface area contributed by atoms with Crippen molar-refractivity contribution in [2.45, 2.75) is 52.1 Å². The minimum atomic E-state index is -0.417. The van der Waals surface area contributed by atoms with Crippen molar-refractivity contribution in [1.82, 2.24) is 14.0 Å². The number of amides is 1. The number of carbonyl (C=O) groups excluding carboxylic acids is 2. The molecule has 0 aliphatic carbocycles. The summed E-state index contributed by atoms with van der Waals surface area (Å²) in [5.74, 6) is 1.09. The van der Waals surface area contributed by atoms with Gasteiger partial charge >= 0.3 is 5.69 Å². The molecular formula is C28H33N3O6. The van der Waals surface area contributed by atoms with E-state index in [4.69, 9.17) is 9.47 Å². The second-order valence-electron chi connectivity index (χ2n) is 9.55. The molecule has 0 saturated carbocycles. The lowest BCUT2D eigenvalue weighted by Gasteiger charge is -2.34. The number of ether oxygens (including phenoxy) is 2. The Bertz CT molecular complexity index is 1450. The van der Waals surface area contributed by atoms with E-state index in [1.165, 1.54) is 18.6 Å². The maximum atomic E-state index is 13.9. The minimum absolute atomic E-state index is 0.0350. The average Bonchev–Trinajstić information content (AvgIpc) is 2.90. The molecular weight excluding hydrogens is 474 g/mol. The summed E-state index contributed by atoms with van der Waals surface area (Å²) in [7, 11) is 3.07. The molecule has 9 heteroatoms. The third-order valence-electron chi connectivity index (χ3n) is 6.99. The second kappa shape index (κ2) is 11.0. The van der Waals surface area contributed by atoms with E-state index in [-0.39, 0.29) is 24.3 Å². The quantitative estimate of drug-likeness (QED) is 0.465. The number of ketones is 1. The van der Waals surface area contributed by atoms with E-state index in [0.717, 1.165) is 18.4 Å². The Balaban J connectivity index is 1.88. The third kappa shape index (κ3) is 5.45. The first kappa shape index (κ1) is 26.2. The van der Waals surface area contributed by atoms with Crippen molar-refractivity contribution in [3.8, 4) is 11.5 Å². The molecule has 0 bridgehead atoms. The smallest absolute Gasteiger partial charge is 0.332 e. The van der Waals surface area contributed by atoms with Crippen molar-refractivity contribution in [2.75, 3.05) is 27.3 Å². The van der Waals surface area contributed by atoms with Crippen LogP contribution < -0.4 is 20.7 Å². The number of likely N-dealkylation sites (tertiary alicyclic amines) is 1. The highest BCUT2D eigenvalue weighted by molar-refractivity contribution is 5.80. The summed E-state index contributed by atoms with van der Waals surface area (Å²) < 4.78 is 13.6. The van der Waals surface area contributed by atoms with Gasteiger partial charge in [-0.3, -0.25) is 18.7 Å².